The van der Waals surface area contributed by atoms with E-state index in [0.29, 0.717) is 19.0 Å². The fourth-order valence-corrected chi connectivity index (χ4v) is 3.78. The Morgan fingerprint density at radius 2 is 2.15 bits per heavy atom. The zero-order chi connectivity index (χ0) is 19.1. The Balaban J connectivity index is 1.50. The molecule has 0 saturated carbocycles. The van der Waals surface area contributed by atoms with Crippen LogP contribution >= 0.6 is 23.1 Å². The van der Waals surface area contributed by atoms with Gasteiger partial charge in [-0.3, -0.25) is 14.6 Å². The maximum absolute atomic E-state index is 12.1. The van der Waals surface area contributed by atoms with Crippen molar-refractivity contribution in [3.63, 3.8) is 0 Å². The van der Waals surface area contributed by atoms with Crippen molar-refractivity contribution in [3.05, 3.63) is 35.8 Å². The van der Waals surface area contributed by atoms with Crippen LogP contribution in [-0.4, -0.2) is 42.7 Å². The van der Waals surface area contributed by atoms with Crippen LogP contribution in [0.4, 0.5) is 5.88 Å². The lowest BCUT2D eigenvalue weighted by Gasteiger charge is -2.00. The van der Waals surface area contributed by atoms with Gasteiger partial charge < -0.3 is 9.47 Å². The second kappa shape index (κ2) is 9.49. The van der Waals surface area contributed by atoms with Crippen molar-refractivity contribution in [2.75, 3.05) is 31.9 Å². The second-order valence-electron chi connectivity index (χ2n) is 5.39. The van der Waals surface area contributed by atoms with Crippen molar-refractivity contribution in [3.8, 4) is 17.0 Å². The third kappa shape index (κ3) is 5.52. The number of ether oxygens (including phenoxy) is 2. The Morgan fingerprint density at radius 1 is 1.33 bits per heavy atom. The largest absolute Gasteiger partial charge is 0.497 e. The third-order valence-corrected chi connectivity index (χ3v) is 5.51. The van der Waals surface area contributed by atoms with Crippen molar-refractivity contribution in [1.82, 2.24) is 10.3 Å². The first-order valence-electron chi connectivity index (χ1n) is 8.06. The minimum absolute atomic E-state index is 0.184. The van der Waals surface area contributed by atoms with Gasteiger partial charge in [-0.1, -0.05) is 11.8 Å². The molecule has 0 bridgehead atoms. The standard InChI is InChI=1S/C17H18N4O4S2/c1-23-8-7-21-9-16(25-20-21)19-15(22)11-27-17-18-14(10-26-17)12-3-5-13(24-2)6-4-12/h3-6,9-10H,7-8,11H2,1-2H3/p+1. The summed E-state index contributed by atoms with van der Waals surface area (Å²) >= 11 is 2.88. The normalized spacial score (nSPS) is 10.7. The van der Waals surface area contributed by atoms with Crippen LogP contribution in [0.3, 0.4) is 0 Å². The first-order chi connectivity index (χ1) is 13.2. The average Bonchev–Trinajstić information content (AvgIpc) is 3.34. The van der Waals surface area contributed by atoms with E-state index in [2.05, 4.69) is 15.6 Å². The van der Waals surface area contributed by atoms with E-state index in [1.54, 1.807) is 25.1 Å². The van der Waals surface area contributed by atoms with E-state index >= 15 is 0 Å². The van der Waals surface area contributed by atoms with Gasteiger partial charge in [0.05, 0.1) is 18.6 Å². The number of methoxy groups -OCH3 is 2. The van der Waals surface area contributed by atoms with E-state index in [0.717, 1.165) is 21.3 Å². The molecule has 3 rings (SSSR count). The van der Waals surface area contributed by atoms with Crippen LogP contribution in [-0.2, 0) is 16.1 Å². The van der Waals surface area contributed by atoms with Gasteiger partial charge in [0.25, 0.3) is 6.20 Å². The third-order valence-electron chi connectivity index (χ3n) is 3.49. The molecule has 0 atom stereocenters. The van der Waals surface area contributed by atoms with Crippen molar-refractivity contribution in [2.45, 2.75) is 10.9 Å². The maximum atomic E-state index is 12.1. The summed E-state index contributed by atoms with van der Waals surface area (Å²) in [5.74, 6) is 1.15. The molecule has 3 aromatic rings. The van der Waals surface area contributed by atoms with Crippen LogP contribution in [0.1, 0.15) is 0 Å². The molecule has 1 N–H and O–H groups in total. The average molecular weight is 407 g/mol. The molecule has 10 heteroatoms. The molecule has 0 unspecified atom stereocenters. The highest BCUT2D eigenvalue weighted by Gasteiger charge is 2.14. The molecule has 0 aliphatic heterocycles. The number of hydrogen-bond donors (Lipinski definition) is 1. The summed E-state index contributed by atoms with van der Waals surface area (Å²) in [5.41, 5.74) is 1.88. The number of amides is 1. The molecule has 0 saturated heterocycles. The summed E-state index contributed by atoms with van der Waals surface area (Å²) in [5, 5.41) is 8.44. The predicted octanol–water partition coefficient (Wildman–Crippen LogP) is 2.47. The van der Waals surface area contributed by atoms with Crippen LogP contribution in [0.25, 0.3) is 11.3 Å². The smallest absolute Gasteiger partial charge is 0.302 e. The number of thiazole rings is 1. The van der Waals surface area contributed by atoms with Gasteiger partial charge in [-0.25, -0.2) is 4.98 Å². The van der Waals surface area contributed by atoms with Crippen LogP contribution in [0.15, 0.2) is 44.7 Å². The van der Waals surface area contributed by atoms with Gasteiger partial charge in [0, 0.05) is 18.1 Å². The van der Waals surface area contributed by atoms with Crippen molar-refractivity contribution in [2.24, 2.45) is 0 Å². The molecule has 0 spiro atoms. The lowest BCUT2D eigenvalue weighted by Crippen LogP contribution is -2.36. The quantitative estimate of drug-likeness (QED) is 0.430. The Kier molecular flexibility index (Phi) is 6.80. The Labute approximate surface area is 164 Å². The fourth-order valence-electron chi connectivity index (χ4n) is 2.14. The zero-order valence-electron chi connectivity index (χ0n) is 14.9. The first kappa shape index (κ1) is 19.3. The van der Waals surface area contributed by atoms with E-state index < -0.39 is 0 Å². The lowest BCUT2D eigenvalue weighted by atomic mass is 10.2. The van der Waals surface area contributed by atoms with Crippen LogP contribution in [0, 0.1) is 0 Å². The van der Waals surface area contributed by atoms with Gasteiger partial charge in [0.15, 0.2) is 4.34 Å². The molecule has 0 aliphatic rings. The summed E-state index contributed by atoms with van der Waals surface area (Å²) < 4.78 is 17.6. The number of hydrogen-bond acceptors (Lipinski definition) is 8. The van der Waals surface area contributed by atoms with Crippen molar-refractivity contribution >= 4 is 34.9 Å². The van der Waals surface area contributed by atoms with Crippen LogP contribution in [0.2, 0.25) is 0 Å². The Hall–Kier alpha value is -2.43. The molecular formula is C17H19N4O4S2+. The summed E-state index contributed by atoms with van der Waals surface area (Å²) in [4.78, 5) is 16.6. The molecule has 2 heterocycles. The van der Waals surface area contributed by atoms with E-state index in [1.165, 1.54) is 23.1 Å². The van der Waals surface area contributed by atoms with Gasteiger partial charge in [0.1, 0.15) is 12.4 Å². The molecule has 0 fully saturated rings. The van der Waals surface area contributed by atoms with Gasteiger partial charge in [-0.05, 0) is 28.9 Å². The minimum Gasteiger partial charge on any atom is -0.497 e. The SMILES string of the molecule is COCC[n+]1cc(NC(=O)CSc2nc(-c3ccc(OC)cc3)cs2)on1. The second-order valence-corrected chi connectivity index (χ2v) is 7.47. The first-order valence-corrected chi connectivity index (χ1v) is 9.92. The fraction of sp³-hybridized carbons (Fsp3) is 0.294. The number of benzene rings is 1. The maximum Gasteiger partial charge on any atom is 0.302 e. The Bertz CT molecular complexity index is 879. The molecule has 27 heavy (non-hydrogen) atoms. The number of carbonyl (C=O) groups is 1. The van der Waals surface area contributed by atoms with Gasteiger partial charge in [-0.2, -0.15) is 0 Å². The highest BCUT2D eigenvalue weighted by Crippen LogP contribution is 2.29. The summed E-state index contributed by atoms with van der Waals surface area (Å²) in [6.07, 6.45) is 1.62. The highest BCUT2D eigenvalue weighted by molar-refractivity contribution is 8.01. The van der Waals surface area contributed by atoms with Gasteiger partial charge in [-0.15, -0.1) is 11.3 Å². The summed E-state index contributed by atoms with van der Waals surface area (Å²) in [7, 11) is 3.24. The number of thioether (sulfide) groups is 1. The van der Waals surface area contributed by atoms with E-state index in [1.807, 2.05) is 29.6 Å². The predicted molar refractivity (Wildman–Crippen MR) is 102 cm³/mol. The van der Waals surface area contributed by atoms with Crippen LogP contribution < -0.4 is 14.7 Å². The number of nitrogens with one attached hydrogen (secondary N) is 1. The van der Waals surface area contributed by atoms with Crippen molar-refractivity contribution in [1.29, 1.82) is 0 Å². The van der Waals surface area contributed by atoms with Gasteiger partial charge in [0.2, 0.25) is 17.7 Å². The molecular weight excluding hydrogens is 388 g/mol. The molecule has 2 aromatic heterocycles. The highest BCUT2D eigenvalue weighted by atomic mass is 32.2. The van der Waals surface area contributed by atoms with Gasteiger partial charge >= 0.3 is 5.88 Å². The van der Waals surface area contributed by atoms with Crippen LogP contribution in [0.5, 0.6) is 5.75 Å². The molecule has 8 nitrogen and oxygen atoms in total. The molecule has 0 aliphatic carbocycles. The number of aromatic nitrogens is 3. The number of nitrogens with zero attached hydrogens (tertiary/aromatic N) is 3. The summed E-state index contributed by atoms with van der Waals surface area (Å²) in [6.45, 7) is 1.07. The zero-order valence-corrected chi connectivity index (χ0v) is 16.5. The number of carbonyl (C=O) groups excluding carboxylic acids is 1. The van der Waals surface area contributed by atoms with E-state index in [4.69, 9.17) is 14.0 Å². The minimum atomic E-state index is -0.184. The topological polar surface area (TPSA) is 90.4 Å². The molecule has 1 amide bonds. The number of anilines is 1. The summed E-state index contributed by atoms with van der Waals surface area (Å²) in [6, 6.07) is 7.70. The molecule has 0 radical (unpaired) electrons. The lowest BCUT2D eigenvalue weighted by molar-refractivity contribution is -0.763. The molecule has 1 aromatic carbocycles. The number of rotatable bonds is 9. The van der Waals surface area contributed by atoms with Crippen molar-refractivity contribution < 1.29 is 23.5 Å². The van der Waals surface area contributed by atoms with E-state index in [-0.39, 0.29) is 11.7 Å². The Morgan fingerprint density at radius 3 is 2.89 bits per heavy atom. The monoisotopic (exact) mass is 407 g/mol. The van der Waals surface area contributed by atoms with E-state index in [9.17, 15) is 4.79 Å². The molecule has 142 valence electrons.